The van der Waals surface area contributed by atoms with E-state index in [1.165, 1.54) is 17.9 Å². The number of halogens is 1. The lowest BCUT2D eigenvalue weighted by Gasteiger charge is -2.08. The van der Waals surface area contributed by atoms with E-state index in [1.807, 2.05) is 6.92 Å². The van der Waals surface area contributed by atoms with E-state index in [0.29, 0.717) is 34.2 Å². The number of carbonyl (C=O) groups is 2. The molecule has 1 amide bonds. The minimum atomic E-state index is -0.469. The highest BCUT2D eigenvalue weighted by Crippen LogP contribution is 2.22. The van der Waals surface area contributed by atoms with E-state index in [0.717, 1.165) is 0 Å². The third-order valence-corrected chi connectivity index (χ3v) is 3.56. The molecule has 1 aromatic carbocycles. The molecule has 1 aromatic heterocycles. The highest BCUT2D eigenvalue weighted by molar-refractivity contribution is 6.34. The third kappa shape index (κ3) is 3.12. The molecule has 0 saturated heterocycles. The van der Waals surface area contributed by atoms with Crippen molar-refractivity contribution >= 4 is 29.2 Å². The largest absolute Gasteiger partial charge is 0.465 e. The van der Waals surface area contributed by atoms with Crippen molar-refractivity contribution in [3.05, 3.63) is 46.2 Å². The molecular formula is C15H16ClN3O3. The summed E-state index contributed by atoms with van der Waals surface area (Å²) in [4.78, 5) is 23.9. The summed E-state index contributed by atoms with van der Waals surface area (Å²) in [5.41, 5.74) is 1.72. The number of benzene rings is 1. The second-order valence-electron chi connectivity index (χ2n) is 4.59. The Morgan fingerprint density at radius 2 is 2.14 bits per heavy atom. The van der Waals surface area contributed by atoms with Crippen LogP contribution in [0.3, 0.4) is 0 Å². The van der Waals surface area contributed by atoms with E-state index >= 15 is 0 Å². The minimum Gasteiger partial charge on any atom is -0.465 e. The van der Waals surface area contributed by atoms with Crippen LogP contribution >= 0.6 is 11.6 Å². The van der Waals surface area contributed by atoms with E-state index in [9.17, 15) is 9.59 Å². The maximum Gasteiger partial charge on any atom is 0.337 e. The summed E-state index contributed by atoms with van der Waals surface area (Å²) in [7, 11) is 1.30. The van der Waals surface area contributed by atoms with Gasteiger partial charge in [-0.05, 0) is 32.0 Å². The van der Waals surface area contributed by atoms with Crippen LogP contribution in [0.25, 0.3) is 0 Å². The van der Waals surface area contributed by atoms with E-state index in [1.54, 1.807) is 25.1 Å². The highest BCUT2D eigenvalue weighted by atomic mass is 35.5. The molecule has 22 heavy (non-hydrogen) atoms. The molecule has 2 rings (SSSR count). The fourth-order valence-corrected chi connectivity index (χ4v) is 2.26. The molecule has 1 N–H and O–H groups in total. The Morgan fingerprint density at radius 3 is 2.77 bits per heavy atom. The molecule has 0 aliphatic carbocycles. The van der Waals surface area contributed by atoms with Gasteiger partial charge in [0.2, 0.25) is 0 Å². The van der Waals surface area contributed by atoms with Crippen LogP contribution in [0.4, 0.5) is 5.69 Å². The van der Waals surface area contributed by atoms with E-state index < -0.39 is 5.97 Å². The van der Waals surface area contributed by atoms with Crippen molar-refractivity contribution < 1.29 is 14.3 Å². The molecule has 0 aliphatic heterocycles. The number of esters is 1. The second kappa shape index (κ2) is 6.62. The minimum absolute atomic E-state index is 0.296. The first-order valence-electron chi connectivity index (χ1n) is 6.70. The van der Waals surface area contributed by atoms with Gasteiger partial charge >= 0.3 is 5.97 Å². The molecule has 116 valence electrons. The van der Waals surface area contributed by atoms with Crippen LogP contribution in [0.5, 0.6) is 0 Å². The average Bonchev–Trinajstić information content (AvgIpc) is 2.81. The van der Waals surface area contributed by atoms with Crippen molar-refractivity contribution in [2.45, 2.75) is 20.4 Å². The smallest absolute Gasteiger partial charge is 0.337 e. The molecular weight excluding hydrogens is 306 g/mol. The fraction of sp³-hybridized carbons (Fsp3) is 0.267. The number of hydrogen-bond acceptors (Lipinski definition) is 4. The van der Waals surface area contributed by atoms with Crippen molar-refractivity contribution in [2.75, 3.05) is 12.4 Å². The van der Waals surface area contributed by atoms with Crippen LogP contribution in [-0.4, -0.2) is 28.8 Å². The molecule has 0 aliphatic rings. The molecule has 1 heterocycles. The maximum atomic E-state index is 12.4. The average molecular weight is 322 g/mol. The Kier molecular flexibility index (Phi) is 4.82. The van der Waals surface area contributed by atoms with Gasteiger partial charge in [-0.3, -0.25) is 9.48 Å². The van der Waals surface area contributed by atoms with Gasteiger partial charge < -0.3 is 10.1 Å². The molecule has 0 atom stereocenters. The van der Waals surface area contributed by atoms with Crippen LogP contribution in [-0.2, 0) is 11.3 Å². The number of hydrogen-bond donors (Lipinski definition) is 1. The zero-order valence-electron chi connectivity index (χ0n) is 12.5. The first kappa shape index (κ1) is 16.0. The summed E-state index contributed by atoms with van der Waals surface area (Å²) in [5.74, 6) is -0.849. The second-order valence-corrected chi connectivity index (χ2v) is 4.97. The Balaban J connectivity index is 2.28. The zero-order valence-corrected chi connectivity index (χ0v) is 13.3. The van der Waals surface area contributed by atoms with E-state index in [4.69, 9.17) is 11.6 Å². The van der Waals surface area contributed by atoms with Crippen molar-refractivity contribution in [1.29, 1.82) is 0 Å². The van der Waals surface area contributed by atoms with Crippen LogP contribution in [0.1, 0.15) is 33.5 Å². The van der Waals surface area contributed by atoms with E-state index in [2.05, 4.69) is 15.2 Å². The lowest BCUT2D eigenvalue weighted by Crippen LogP contribution is -2.18. The first-order chi connectivity index (χ1) is 10.5. The normalized spacial score (nSPS) is 10.4. The van der Waals surface area contributed by atoms with Gasteiger partial charge in [0.25, 0.3) is 5.91 Å². The Hall–Kier alpha value is -2.34. The van der Waals surface area contributed by atoms with E-state index in [-0.39, 0.29) is 5.91 Å². The number of carbonyl (C=O) groups excluding carboxylic acids is 2. The van der Waals surface area contributed by atoms with Crippen molar-refractivity contribution in [2.24, 2.45) is 0 Å². The number of amides is 1. The molecule has 0 bridgehead atoms. The summed E-state index contributed by atoms with van der Waals surface area (Å²) in [6, 6.07) is 6.48. The van der Waals surface area contributed by atoms with Crippen LogP contribution in [0, 0.1) is 6.92 Å². The quantitative estimate of drug-likeness (QED) is 0.879. The van der Waals surface area contributed by atoms with Crippen LogP contribution < -0.4 is 5.32 Å². The number of nitrogens with one attached hydrogen (secondary N) is 1. The third-order valence-electron chi connectivity index (χ3n) is 3.11. The molecule has 6 nitrogen and oxygen atoms in total. The van der Waals surface area contributed by atoms with Crippen molar-refractivity contribution in [3.8, 4) is 0 Å². The zero-order chi connectivity index (χ0) is 16.3. The predicted molar refractivity (Wildman–Crippen MR) is 83.4 cm³/mol. The molecule has 0 saturated carbocycles. The number of rotatable bonds is 4. The Labute approximate surface area is 133 Å². The number of methoxy groups -OCH3 is 1. The van der Waals surface area contributed by atoms with Gasteiger partial charge in [0.1, 0.15) is 5.69 Å². The van der Waals surface area contributed by atoms with Gasteiger partial charge in [-0.15, -0.1) is 0 Å². The summed E-state index contributed by atoms with van der Waals surface area (Å²) in [5, 5.41) is 7.24. The summed E-state index contributed by atoms with van der Waals surface area (Å²) in [6.45, 7) is 4.14. The molecule has 0 spiro atoms. The van der Waals surface area contributed by atoms with Crippen molar-refractivity contribution in [3.63, 3.8) is 0 Å². The van der Waals surface area contributed by atoms with Gasteiger partial charge in [0.15, 0.2) is 0 Å². The standard InChI is InChI=1S/C15H16ClN3O3/c1-4-19-13(12(16)9(2)18-19)14(20)17-11-7-5-6-10(8-11)15(21)22-3/h5-8H,4H2,1-3H3,(H,17,20). The molecule has 7 heteroatoms. The Bertz CT molecular complexity index is 725. The SMILES string of the molecule is CCn1nc(C)c(Cl)c1C(=O)Nc1cccc(C(=O)OC)c1. The van der Waals surface area contributed by atoms with Gasteiger partial charge in [-0.2, -0.15) is 5.10 Å². The summed E-state index contributed by atoms with van der Waals surface area (Å²) >= 11 is 6.14. The van der Waals surface area contributed by atoms with Gasteiger partial charge in [0.05, 0.1) is 23.4 Å². The Morgan fingerprint density at radius 1 is 1.41 bits per heavy atom. The lowest BCUT2D eigenvalue weighted by molar-refractivity contribution is 0.0600. The summed E-state index contributed by atoms with van der Waals surface area (Å²) < 4.78 is 6.19. The molecule has 0 radical (unpaired) electrons. The number of aryl methyl sites for hydroxylation is 2. The van der Waals surface area contributed by atoms with Gasteiger partial charge in [0, 0.05) is 12.2 Å². The first-order valence-corrected chi connectivity index (χ1v) is 7.08. The number of nitrogens with zero attached hydrogens (tertiary/aromatic N) is 2. The van der Waals surface area contributed by atoms with Crippen LogP contribution in [0.2, 0.25) is 5.02 Å². The number of anilines is 1. The topological polar surface area (TPSA) is 73.2 Å². The maximum absolute atomic E-state index is 12.4. The monoisotopic (exact) mass is 321 g/mol. The van der Waals surface area contributed by atoms with Gasteiger partial charge in [-0.1, -0.05) is 17.7 Å². The predicted octanol–water partition coefficient (Wildman–Crippen LogP) is 2.90. The summed E-state index contributed by atoms with van der Waals surface area (Å²) in [6.07, 6.45) is 0. The molecule has 2 aromatic rings. The molecule has 0 unspecified atom stereocenters. The highest BCUT2D eigenvalue weighted by Gasteiger charge is 2.20. The number of aromatic nitrogens is 2. The fourth-order valence-electron chi connectivity index (χ4n) is 2.04. The van der Waals surface area contributed by atoms with Gasteiger partial charge in [-0.25, -0.2) is 4.79 Å². The number of ether oxygens (including phenoxy) is 1. The van der Waals surface area contributed by atoms with Crippen molar-refractivity contribution in [1.82, 2.24) is 9.78 Å². The van der Waals surface area contributed by atoms with Crippen LogP contribution in [0.15, 0.2) is 24.3 Å². The molecule has 0 fully saturated rings. The lowest BCUT2D eigenvalue weighted by atomic mass is 10.2.